The first kappa shape index (κ1) is 15.6. The second kappa shape index (κ2) is 6.76. The van der Waals surface area contributed by atoms with Crippen molar-refractivity contribution in [3.8, 4) is 0 Å². The maximum absolute atomic E-state index is 12.1. The van der Waals surface area contributed by atoms with Crippen molar-refractivity contribution in [2.24, 2.45) is 0 Å². The third kappa shape index (κ3) is 3.85. The van der Waals surface area contributed by atoms with Gasteiger partial charge in [0.15, 0.2) is 0 Å². The van der Waals surface area contributed by atoms with Crippen LogP contribution in [-0.4, -0.2) is 43.2 Å². The molecule has 1 atom stereocenters. The minimum Gasteiger partial charge on any atom is -0.376 e. The molecule has 0 saturated carbocycles. The van der Waals surface area contributed by atoms with E-state index in [0.717, 1.165) is 18.7 Å². The Morgan fingerprint density at radius 1 is 1.50 bits per heavy atom. The van der Waals surface area contributed by atoms with Crippen molar-refractivity contribution in [2.45, 2.75) is 20.0 Å². The average molecular weight is 317 g/mol. The minimum atomic E-state index is -0.117. The normalized spacial score (nSPS) is 19.9. The summed E-state index contributed by atoms with van der Waals surface area (Å²) in [5, 5.41) is 3.73. The highest BCUT2D eigenvalue weighted by Gasteiger charge is 2.20. The lowest BCUT2D eigenvalue weighted by molar-refractivity contribution is -0.119. The fourth-order valence-corrected chi connectivity index (χ4v) is 2.65. The van der Waals surface area contributed by atoms with Crippen molar-refractivity contribution in [1.82, 2.24) is 4.90 Å². The summed E-state index contributed by atoms with van der Waals surface area (Å²) in [4.78, 5) is 14.1. The van der Waals surface area contributed by atoms with Gasteiger partial charge in [0.1, 0.15) is 0 Å². The van der Waals surface area contributed by atoms with Gasteiger partial charge in [0.2, 0.25) is 5.91 Å². The Morgan fingerprint density at radius 2 is 2.25 bits per heavy atom. The molecular weight excluding hydrogens is 299 g/mol. The molecule has 0 bridgehead atoms. The largest absolute Gasteiger partial charge is 0.376 e. The molecule has 1 aromatic rings. The number of amides is 1. The average Bonchev–Trinajstić information content (AvgIpc) is 2.39. The van der Waals surface area contributed by atoms with Crippen LogP contribution in [0.5, 0.6) is 0 Å². The van der Waals surface area contributed by atoms with E-state index < -0.39 is 0 Å². The molecule has 0 spiro atoms. The first-order valence-corrected chi connectivity index (χ1v) is 7.31. The van der Waals surface area contributed by atoms with E-state index >= 15 is 0 Å². The lowest BCUT2D eigenvalue weighted by Gasteiger charge is -2.30. The zero-order chi connectivity index (χ0) is 14.7. The number of carbonyl (C=O) groups is 1. The summed E-state index contributed by atoms with van der Waals surface area (Å²) in [7, 11) is 0. The van der Waals surface area contributed by atoms with E-state index in [1.165, 1.54) is 0 Å². The fourth-order valence-electron chi connectivity index (χ4n) is 2.19. The van der Waals surface area contributed by atoms with E-state index in [2.05, 4.69) is 10.2 Å². The molecule has 1 aromatic carbocycles. The highest BCUT2D eigenvalue weighted by molar-refractivity contribution is 6.40. The number of morpholine rings is 1. The summed E-state index contributed by atoms with van der Waals surface area (Å²) in [5.41, 5.74) is 1.37. The Labute approximate surface area is 129 Å². The lowest BCUT2D eigenvalue weighted by Crippen LogP contribution is -2.44. The monoisotopic (exact) mass is 316 g/mol. The third-order valence-corrected chi connectivity index (χ3v) is 4.04. The molecule has 1 fully saturated rings. The van der Waals surface area contributed by atoms with E-state index in [0.29, 0.717) is 28.9 Å². The van der Waals surface area contributed by atoms with Gasteiger partial charge in [0.25, 0.3) is 0 Å². The summed E-state index contributed by atoms with van der Waals surface area (Å²) in [6, 6.07) is 3.55. The predicted octanol–water partition coefficient (Wildman–Crippen LogP) is 2.96. The fraction of sp³-hybridized carbons (Fsp3) is 0.500. The van der Waals surface area contributed by atoms with Crippen molar-refractivity contribution in [1.29, 1.82) is 0 Å². The Bertz CT molecular complexity index is 508. The number of carbonyl (C=O) groups excluding carboxylic acids is 1. The lowest BCUT2D eigenvalue weighted by atomic mass is 10.2. The number of hydrogen-bond acceptors (Lipinski definition) is 3. The molecule has 6 heteroatoms. The zero-order valence-electron chi connectivity index (χ0n) is 11.6. The molecule has 0 aliphatic carbocycles. The van der Waals surface area contributed by atoms with Gasteiger partial charge in [-0.3, -0.25) is 9.69 Å². The van der Waals surface area contributed by atoms with E-state index in [-0.39, 0.29) is 12.0 Å². The van der Waals surface area contributed by atoms with Crippen molar-refractivity contribution in [2.75, 3.05) is 31.6 Å². The number of ether oxygens (including phenoxy) is 1. The van der Waals surface area contributed by atoms with Crippen LogP contribution in [0.1, 0.15) is 12.5 Å². The predicted molar refractivity (Wildman–Crippen MR) is 81.7 cm³/mol. The summed E-state index contributed by atoms with van der Waals surface area (Å²) in [6.07, 6.45) is 0.155. The van der Waals surface area contributed by atoms with Crippen LogP contribution in [-0.2, 0) is 9.53 Å². The number of hydrogen-bond donors (Lipinski definition) is 1. The molecular formula is C14H18Cl2N2O2. The number of halogens is 2. The number of nitrogens with zero attached hydrogens (tertiary/aromatic N) is 1. The SMILES string of the molecule is Cc1ccc(Cl)c(NC(=O)CN2CCO[C@@H](C)C2)c1Cl. The maximum Gasteiger partial charge on any atom is 0.238 e. The first-order chi connectivity index (χ1) is 9.47. The summed E-state index contributed by atoms with van der Waals surface area (Å²) in [5.74, 6) is -0.117. The molecule has 1 heterocycles. The number of anilines is 1. The van der Waals surface area contributed by atoms with E-state index in [1.54, 1.807) is 6.07 Å². The van der Waals surface area contributed by atoms with E-state index in [4.69, 9.17) is 27.9 Å². The Morgan fingerprint density at radius 3 is 2.95 bits per heavy atom. The molecule has 4 nitrogen and oxygen atoms in total. The van der Waals surface area contributed by atoms with E-state index in [1.807, 2.05) is 19.9 Å². The van der Waals surface area contributed by atoms with Gasteiger partial charge in [0, 0.05) is 13.1 Å². The van der Waals surface area contributed by atoms with Gasteiger partial charge >= 0.3 is 0 Å². The van der Waals surface area contributed by atoms with Crippen LogP contribution >= 0.6 is 23.2 Å². The second-order valence-electron chi connectivity index (χ2n) is 5.02. The second-order valence-corrected chi connectivity index (χ2v) is 5.80. The van der Waals surface area contributed by atoms with Crippen molar-refractivity contribution < 1.29 is 9.53 Å². The van der Waals surface area contributed by atoms with Crippen LogP contribution in [0.25, 0.3) is 0 Å². The van der Waals surface area contributed by atoms with Crippen LogP contribution in [0, 0.1) is 6.92 Å². The van der Waals surface area contributed by atoms with Gasteiger partial charge in [-0.2, -0.15) is 0 Å². The van der Waals surface area contributed by atoms with Crippen LogP contribution in [0.2, 0.25) is 10.0 Å². The molecule has 1 N–H and O–H groups in total. The van der Waals surface area contributed by atoms with Crippen molar-refractivity contribution >= 4 is 34.8 Å². The number of nitrogens with one attached hydrogen (secondary N) is 1. The third-order valence-electron chi connectivity index (χ3n) is 3.24. The quantitative estimate of drug-likeness (QED) is 0.932. The highest BCUT2D eigenvalue weighted by Crippen LogP contribution is 2.32. The molecule has 0 unspecified atom stereocenters. The smallest absolute Gasteiger partial charge is 0.238 e. The molecule has 110 valence electrons. The molecule has 20 heavy (non-hydrogen) atoms. The molecule has 1 amide bonds. The van der Waals surface area contributed by atoms with Crippen molar-refractivity contribution in [3.05, 3.63) is 27.7 Å². The van der Waals surface area contributed by atoms with Crippen LogP contribution in [0.4, 0.5) is 5.69 Å². The number of rotatable bonds is 3. The van der Waals surface area contributed by atoms with Crippen LogP contribution < -0.4 is 5.32 Å². The minimum absolute atomic E-state index is 0.117. The first-order valence-electron chi connectivity index (χ1n) is 6.55. The summed E-state index contributed by atoms with van der Waals surface area (Å²) < 4.78 is 5.45. The highest BCUT2D eigenvalue weighted by atomic mass is 35.5. The molecule has 0 aromatic heterocycles. The number of aryl methyl sites for hydroxylation is 1. The van der Waals surface area contributed by atoms with Gasteiger partial charge < -0.3 is 10.1 Å². The van der Waals surface area contributed by atoms with Crippen molar-refractivity contribution in [3.63, 3.8) is 0 Å². The summed E-state index contributed by atoms with van der Waals surface area (Å²) in [6.45, 7) is 6.35. The van der Waals surface area contributed by atoms with Gasteiger partial charge in [-0.1, -0.05) is 29.3 Å². The molecule has 1 aliphatic rings. The summed E-state index contributed by atoms with van der Waals surface area (Å²) >= 11 is 12.3. The van der Waals surface area contributed by atoms with E-state index in [9.17, 15) is 4.79 Å². The topological polar surface area (TPSA) is 41.6 Å². The Hall–Kier alpha value is -0.810. The Balaban J connectivity index is 2.00. The van der Waals surface area contributed by atoms with Gasteiger partial charge in [-0.05, 0) is 25.5 Å². The molecule has 1 aliphatic heterocycles. The molecule has 2 rings (SSSR count). The van der Waals surface area contributed by atoms with Gasteiger partial charge in [0.05, 0.1) is 35.0 Å². The molecule has 0 radical (unpaired) electrons. The number of benzene rings is 1. The van der Waals surface area contributed by atoms with Crippen LogP contribution in [0.3, 0.4) is 0 Å². The standard InChI is InChI=1S/C14H18Cl2N2O2/c1-9-3-4-11(15)14(13(9)16)17-12(19)8-18-5-6-20-10(2)7-18/h3-4,10H,5-8H2,1-2H3,(H,17,19)/t10-/m0/s1. The maximum atomic E-state index is 12.1. The zero-order valence-corrected chi connectivity index (χ0v) is 13.1. The molecule has 1 saturated heterocycles. The van der Waals surface area contributed by atoms with Gasteiger partial charge in [-0.15, -0.1) is 0 Å². The Kier molecular flexibility index (Phi) is 5.27. The van der Waals surface area contributed by atoms with Crippen LogP contribution in [0.15, 0.2) is 12.1 Å². The van der Waals surface area contributed by atoms with Gasteiger partial charge in [-0.25, -0.2) is 0 Å².